The minimum atomic E-state index is -3.85. The predicted molar refractivity (Wildman–Crippen MR) is 95.6 cm³/mol. The normalized spacial score (nSPS) is 13.8. The van der Waals surface area contributed by atoms with Crippen molar-refractivity contribution in [2.24, 2.45) is 0 Å². The third kappa shape index (κ3) is 3.04. The highest BCUT2D eigenvalue weighted by atomic mass is 32.2. The number of hydrogen-bond donors (Lipinski definition) is 2. The Hall–Kier alpha value is -3.20. The smallest absolute Gasteiger partial charge is 0.264 e. The minimum Gasteiger partial charge on any atom is -0.326 e. The monoisotopic (exact) mass is 369 g/mol. The van der Waals surface area contributed by atoms with Gasteiger partial charge in [-0.25, -0.2) is 13.1 Å². The Kier molecular flexibility index (Phi) is 3.92. The van der Waals surface area contributed by atoms with E-state index in [0.717, 1.165) is 11.3 Å². The summed E-state index contributed by atoms with van der Waals surface area (Å²) in [5.74, 6) is 0.0319. The van der Waals surface area contributed by atoms with E-state index in [-0.39, 0.29) is 16.8 Å². The van der Waals surface area contributed by atoms with Gasteiger partial charge < -0.3 is 5.32 Å². The van der Waals surface area contributed by atoms with Crippen LogP contribution in [0.25, 0.3) is 5.69 Å². The summed E-state index contributed by atoms with van der Waals surface area (Å²) in [7, 11) is -3.85. The molecule has 26 heavy (non-hydrogen) atoms. The van der Waals surface area contributed by atoms with Crippen LogP contribution in [0.4, 0.5) is 11.6 Å². The van der Waals surface area contributed by atoms with Crippen LogP contribution in [-0.2, 0) is 21.2 Å². The molecule has 0 saturated heterocycles. The minimum absolute atomic E-state index is 0.0674. The molecule has 0 fully saturated rings. The first kappa shape index (κ1) is 16.3. The Morgan fingerprint density at radius 2 is 1.88 bits per heavy atom. The highest BCUT2D eigenvalue weighted by Crippen LogP contribution is 2.26. The Morgan fingerprint density at radius 3 is 2.69 bits per heavy atom. The number of nitrogens with one attached hydrogen (secondary N) is 2. The third-order valence-corrected chi connectivity index (χ3v) is 5.42. The van der Waals surface area contributed by atoms with Gasteiger partial charge in [0, 0.05) is 12.1 Å². The van der Waals surface area contributed by atoms with Gasteiger partial charge in [0.1, 0.15) is 6.33 Å². The molecule has 0 spiro atoms. The van der Waals surface area contributed by atoms with Gasteiger partial charge in [-0.05, 0) is 42.3 Å². The Morgan fingerprint density at radius 1 is 1.08 bits per heavy atom. The third-order valence-electron chi connectivity index (χ3n) is 4.09. The van der Waals surface area contributed by atoms with E-state index in [2.05, 4.69) is 20.2 Å². The fourth-order valence-electron chi connectivity index (χ4n) is 2.79. The van der Waals surface area contributed by atoms with Crippen molar-refractivity contribution in [3.05, 3.63) is 60.4 Å². The maximum atomic E-state index is 12.8. The average Bonchev–Trinajstić information content (AvgIpc) is 3.09. The first-order chi connectivity index (χ1) is 12.5. The summed E-state index contributed by atoms with van der Waals surface area (Å²) in [6, 6.07) is 13.8. The van der Waals surface area contributed by atoms with Gasteiger partial charge in [-0.15, -0.1) is 10.2 Å². The number of carbonyl (C=O) groups excluding carboxylic acids is 1. The number of rotatable bonds is 4. The molecule has 9 heteroatoms. The molecule has 0 radical (unpaired) electrons. The molecule has 3 aromatic rings. The van der Waals surface area contributed by atoms with Crippen LogP contribution in [-0.4, -0.2) is 29.1 Å². The number of aryl methyl sites for hydroxylation is 1. The van der Waals surface area contributed by atoms with Gasteiger partial charge in [-0.3, -0.25) is 9.36 Å². The summed E-state index contributed by atoms with van der Waals surface area (Å²) in [6.45, 7) is 0. The van der Waals surface area contributed by atoms with Gasteiger partial charge >= 0.3 is 0 Å². The van der Waals surface area contributed by atoms with Gasteiger partial charge in [-0.2, -0.15) is 0 Å². The molecule has 2 heterocycles. The number of hydrogen-bond acceptors (Lipinski definition) is 5. The maximum Gasteiger partial charge on any atom is 0.264 e. The molecule has 8 nitrogen and oxygen atoms in total. The Balaban J connectivity index is 1.65. The SMILES string of the molecule is O=C1CCc2cc(S(=O)(=O)Nc3nncn3-c3ccccc3)ccc2N1. The second-order valence-corrected chi connectivity index (χ2v) is 7.52. The number of aromatic nitrogens is 3. The van der Waals surface area contributed by atoms with Crippen LogP contribution in [0.2, 0.25) is 0 Å². The number of anilines is 2. The second kappa shape index (κ2) is 6.26. The fraction of sp³-hybridized carbons (Fsp3) is 0.118. The van der Waals surface area contributed by atoms with Crippen LogP contribution >= 0.6 is 0 Å². The summed E-state index contributed by atoms with van der Waals surface area (Å²) in [5.41, 5.74) is 2.17. The largest absolute Gasteiger partial charge is 0.326 e. The van der Waals surface area contributed by atoms with Gasteiger partial charge in [0.05, 0.1) is 10.6 Å². The molecule has 0 unspecified atom stereocenters. The molecule has 2 aromatic carbocycles. The molecule has 2 N–H and O–H groups in total. The first-order valence-electron chi connectivity index (χ1n) is 7.94. The molecular formula is C17H15N5O3S. The highest BCUT2D eigenvalue weighted by Gasteiger charge is 2.22. The number of para-hydroxylation sites is 1. The van der Waals surface area contributed by atoms with E-state index in [1.807, 2.05) is 30.3 Å². The van der Waals surface area contributed by atoms with E-state index < -0.39 is 10.0 Å². The summed E-state index contributed by atoms with van der Waals surface area (Å²) in [6.07, 6.45) is 2.28. The van der Waals surface area contributed by atoms with E-state index in [1.165, 1.54) is 12.4 Å². The molecule has 0 saturated carbocycles. The van der Waals surface area contributed by atoms with E-state index in [4.69, 9.17) is 0 Å². The maximum absolute atomic E-state index is 12.8. The first-order valence-corrected chi connectivity index (χ1v) is 9.42. The summed E-state index contributed by atoms with van der Waals surface area (Å²) in [5, 5.41) is 10.4. The standard InChI is InChI=1S/C17H15N5O3S/c23-16-9-6-12-10-14(7-8-15(12)19-16)26(24,25)21-17-20-18-11-22(17)13-4-2-1-3-5-13/h1-5,7-8,10-11H,6,9H2,(H,19,23)(H,20,21). The molecule has 1 aliphatic heterocycles. The van der Waals surface area contributed by atoms with Crippen molar-refractivity contribution in [2.75, 3.05) is 10.0 Å². The summed E-state index contributed by atoms with van der Waals surface area (Å²) in [4.78, 5) is 11.5. The van der Waals surface area contributed by atoms with Crippen molar-refractivity contribution < 1.29 is 13.2 Å². The van der Waals surface area contributed by atoms with Crippen molar-refractivity contribution in [2.45, 2.75) is 17.7 Å². The highest BCUT2D eigenvalue weighted by molar-refractivity contribution is 7.92. The van der Waals surface area contributed by atoms with Crippen LogP contribution in [0.5, 0.6) is 0 Å². The zero-order valence-electron chi connectivity index (χ0n) is 13.6. The predicted octanol–water partition coefficient (Wildman–Crippen LogP) is 1.95. The van der Waals surface area contributed by atoms with E-state index in [9.17, 15) is 13.2 Å². The zero-order chi connectivity index (χ0) is 18.1. The van der Waals surface area contributed by atoms with Gasteiger partial charge in [0.15, 0.2) is 0 Å². The van der Waals surface area contributed by atoms with Gasteiger partial charge in [-0.1, -0.05) is 18.2 Å². The number of fused-ring (bicyclic) bond motifs is 1. The number of amides is 1. The number of sulfonamides is 1. The molecule has 0 bridgehead atoms. The number of nitrogens with zero attached hydrogens (tertiary/aromatic N) is 3. The molecule has 132 valence electrons. The lowest BCUT2D eigenvalue weighted by atomic mass is 10.0. The Bertz CT molecular complexity index is 1080. The molecular weight excluding hydrogens is 354 g/mol. The molecule has 0 aliphatic carbocycles. The summed E-state index contributed by atoms with van der Waals surface area (Å²) < 4.78 is 29.5. The quantitative estimate of drug-likeness (QED) is 0.731. The number of benzene rings is 2. The molecule has 1 amide bonds. The molecule has 4 rings (SSSR count). The van der Waals surface area contributed by atoms with Crippen LogP contribution < -0.4 is 10.0 Å². The van der Waals surface area contributed by atoms with Crippen LogP contribution in [0.3, 0.4) is 0 Å². The van der Waals surface area contributed by atoms with E-state index in [1.54, 1.807) is 16.7 Å². The van der Waals surface area contributed by atoms with Gasteiger partial charge in [0.25, 0.3) is 10.0 Å². The lowest BCUT2D eigenvalue weighted by molar-refractivity contribution is -0.116. The van der Waals surface area contributed by atoms with Gasteiger partial charge in [0.2, 0.25) is 11.9 Å². The van der Waals surface area contributed by atoms with Crippen molar-refractivity contribution in [1.29, 1.82) is 0 Å². The van der Waals surface area contributed by atoms with Crippen molar-refractivity contribution >= 4 is 27.6 Å². The lowest BCUT2D eigenvalue weighted by Crippen LogP contribution is -2.20. The fourth-order valence-corrected chi connectivity index (χ4v) is 3.83. The molecule has 1 aliphatic rings. The van der Waals surface area contributed by atoms with E-state index in [0.29, 0.717) is 18.5 Å². The van der Waals surface area contributed by atoms with Crippen LogP contribution in [0, 0.1) is 0 Å². The van der Waals surface area contributed by atoms with Crippen molar-refractivity contribution in [3.63, 3.8) is 0 Å². The van der Waals surface area contributed by atoms with E-state index >= 15 is 0 Å². The molecule has 1 aromatic heterocycles. The Labute approximate surface area is 149 Å². The lowest BCUT2D eigenvalue weighted by Gasteiger charge is -2.17. The molecule has 0 atom stereocenters. The van der Waals surface area contributed by atoms with Crippen molar-refractivity contribution in [1.82, 2.24) is 14.8 Å². The second-order valence-electron chi connectivity index (χ2n) is 5.83. The van der Waals surface area contributed by atoms with Crippen LogP contribution in [0.1, 0.15) is 12.0 Å². The summed E-state index contributed by atoms with van der Waals surface area (Å²) >= 11 is 0. The van der Waals surface area contributed by atoms with Crippen LogP contribution in [0.15, 0.2) is 59.8 Å². The zero-order valence-corrected chi connectivity index (χ0v) is 14.4. The topological polar surface area (TPSA) is 106 Å². The average molecular weight is 369 g/mol. The van der Waals surface area contributed by atoms with Crippen molar-refractivity contribution in [3.8, 4) is 5.69 Å². The number of carbonyl (C=O) groups is 1.